The van der Waals surface area contributed by atoms with Gasteiger partial charge in [0.25, 0.3) is 5.91 Å². The quantitative estimate of drug-likeness (QED) is 0.849. The molecule has 1 amide bonds. The van der Waals surface area contributed by atoms with E-state index in [2.05, 4.69) is 15.3 Å². The van der Waals surface area contributed by atoms with E-state index in [1.807, 2.05) is 0 Å². The number of nitrogens with two attached hydrogens (primary N) is 1. The van der Waals surface area contributed by atoms with E-state index in [9.17, 15) is 4.79 Å². The average molecular weight is 244 g/mol. The fourth-order valence-corrected chi connectivity index (χ4v) is 1.37. The van der Waals surface area contributed by atoms with Gasteiger partial charge >= 0.3 is 0 Å². The highest BCUT2D eigenvalue weighted by Crippen LogP contribution is 2.12. The van der Waals surface area contributed by atoms with Crippen LogP contribution < -0.4 is 15.8 Å². The van der Waals surface area contributed by atoms with E-state index >= 15 is 0 Å². The van der Waals surface area contributed by atoms with Crippen molar-refractivity contribution in [3.63, 3.8) is 0 Å². The molecule has 2 aromatic rings. The van der Waals surface area contributed by atoms with Gasteiger partial charge in [0, 0.05) is 17.8 Å². The molecule has 0 fully saturated rings. The highest BCUT2D eigenvalue weighted by molar-refractivity contribution is 6.04. The molecule has 2 aromatic heterocycles. The lowest BCUT2D eigenvalue weighted by atomic mass is 10.2. The van der Waals surface area contributed by atoms with Crippen LogP contribution in [0.5, 0.6) is 5.88 Å². The third-order valence-corrected chi connectivity index (χ3v) is 2.25. The Morgan fingerprint density at radius 3 is 2.78 bits per heavy atom. The second-order valence-corrected chi connectivity index (χ2v) is 3.51. The lowest BCUT2D eigenvalue weighted by Crippen LogP contribution is -2.12. The van der Waals surface area contributed by atoms with Crippen LogP contribution in [0.3, 0.4) is 0 Å². The van der Waals surface area contributed by atoms with Crippen molar-refractivity contribution in [2.45, 2.75) is 0 Å². The lowest BCUT2D eigenvalue weighted by molar-refractivity contribution is 0.102. The minimum Gasteiger partial charge on any atom is -0.481 e. The number of amides is 1. The van der Waals surface area contributed by atoms with Crippen molar-refractivity contribution in [1.82, 2.24) is 9.97 Å². The van der Waals surface area contributed by atoms with Gasteiger partial charge < -0.3 is 15.8 Å². The summed E-state index contributed by atoms with van der Waals surface area (Å²) in [5.41, 5.74) is 6.53. The Hall–Kier alpha value is -2.63. The van der Waals surface area contributed by atoms with Gasteiger partial charge in [-0.15, -0.1) is 0 Å². The van der Waals surface area contributed by atoms with E-state index in [1.165, 1.54) is 25.6 Å². The summed E-state index contributed by atoms with van der Waals surface area (Å²) >= 11 is 0. The predicted octanol–water partition coefficient (Wildman–Crippen LogP) is 1.32. The van der Waals surface area contributed by atoms with Crippen LogP contribution in [-0.4, -0.2) is 23.0 Å². The van der Waals surface area contributed by atoms with Crippen molar-refractivity contribution in [3.8, 4) is 5.88 Å². The number of aromatic nitrogens is 2. The maximum absolute atomic E-state index is 11.9. The zero-order chi connectivity index (χ0) is 13.0. The molecule has 2 heterocycles. The Labute approximate surface area is 104 Å². The smallest absolute Gasteiger partial charge is 0.255 e. The van der Waals surface area contributed by atoms with Crippen molar-refractivity contribution < 1.29 is 9.53 Å². The molecule has 92 valence electrons. The number of nitrogen functional groups attached to an aromatic ring is 1. The number of methoxy groups -OCH3 is 1. The molecule has 6 heteroatoms. The second kappa shape index (κ2) is 5.13. The summed E-state index contributed by atoms with van der Waals surface area (Å²) in [6.07, 6.45) is 3.00. The molecule has 0 saturated carbocycles. The standard InChI is InChI=1S/C12H12N4O2/c1-18-11-3-2-9(7-15-11)16-12(17)8-4-5-14-10(13)6-8/h2-7H,1H3,(H2,13,14)(H,16,17). The first-order valence-electron chi connectivity index (χ1n) is 5.22. The first-order chi connectivity index (χ1) is 8.69. The van der Waals surface area contributed by atoms with Crippen LogP contribution >= 0.6 is 0 Å². The molecule has 3 N–H and O–H groups in total. The lowest BCUT2D eigenvalue weighted by Gasteiger charge is -2.05. The van der Waals surface area contributed by atoms with E-state index in [4.69, 9.17) is 10.5 Å². The molecule has 0 unspecified atom stereocenters. The zero-order valence-electron chi connectivity index (χ0n) is 9.75. The molecule has 0 spiro atoms. The van der Waals surface area contributed by atoms with Gasteiger partial charge in [-0.3, -0.25) is 4.79 Å². The minimum atomic E-state index is -0.268. The number of ether oxygens (including phenoxy) is 1. The SMILES string of the molecule is COc1ccc(NC(=O)c2ccnc(N)c2)cn1. The van der Waals surface area contributed by atoms with Crippen LogP contribution in [0.15, 0.2) is 36.7 Å². The largest absolute Gasteiger partial charge is 0.481 e. The highest BCUT2D eigenvalue weighted by atomic mass is 16.5. The van der Waals surface area contributed by atoms with Crippen LogP contribution in [0.1, 0.15) is 10.4 Å². The number of hydrogen-bond donors (Lipinski definition) is 2. The summed E-state index contributed by atoms with van der Waals surface area (Å²) in [5, 5.41) is 2.70. The summed E-state index contributed by atoms with van der Waals surface area (Å²) in [7, 11) is 1.53. The molecule has 0 aliphatic heterocycles. The van der Waals surface area contributed by atoms with Gasteiger partial charge in [0.2, 0.25) is 5.88 Å². The van der Waals surface area contributed by atoms with Crippen molar-refractivity contribution >= 4 is 17.4 Å². The molecule has 0 aliphatic carbocycles. The number of carbonyl (C=O) groups is 1. The van der Waals surface area contributed by atoms with E-state index in [0.29, 0.717) is 22.9 Å². The highest BCUT2D eigenvalue weighted by Gasteiger charge is 2.06. The van der Waals surface area contributed by atoms with Crippen molar-refractivity contribution in [2.24, 2.45) is 0 Å². The van der Waals surface area contributed by atoms with Gasteiger partial charge in [0.05, 0.1) is 19.0 Å². The summed E-state index contributed by atoms with van der Waals surface area (Å²) in [4.78, 5) is 19.7. The number of anilines is 2. The normalized spacial score (nSPS) is 9.83. The van der Waals surface area contributed by atoms with Gasteiger partial charge in [-0.2, -0.15) is 0 Å². The number of nitrogens with zero attached hydrogens (tertiary/aromatic N) is 2. The number of hydrogen-bond acceptors (Lipinski definition) is 5. The summed E-state index contributed by atoms with van der Waals surface area (Å²) in [6.45, 7) is 0. The van der Waals surface area contributed by atoms with Crippen molar-refractivity contribution in [1.29, 1.82) is 0 Å². The molecule has 6 nitrogen and oxygen atoms in total. The Balaban J connectivity index is 2.11. The van der Waals surface area contributed by atoms with E-state index in [1.54, 1.807) is 18.2 Å². The predicted molar refractivity (Wildman–Crippen MR) is 67.4 cm³/mol. The Bertz CT molecular complexity index is 554. The van der Waals surface area contributed by atoms with Crippen LogP contribution in [0.2, 0.25) is 0 Å². The van der Waals surface area contributed by atoms with E-state index < -0.39 is 0 Å². The number of rotatable bonds is 3. The molecule has 0 radical (unpaired) electrons. The summed E-state index contributed by atoms with van der Waals surface area (Å²) in [6, 6.07) is 6.46. The van der Waals surface area contributed by atoms with Crippen LogP contribution in [-0.2, 0) is 0 Å². The van der Waals surface area contributed by atoms with Crippen LogP contribution in [0, 0.1) is 0 Å². The molecule has 0 aromatic carbocycles. The molecule has 2 rings (SSSR count). The third kappa shape index (κ3) is 2.73. The first kappa shape index (κ1) is 11.8. The minimum absolute atomic E-state index is 0.268. The molecule has 0 saturated heterocycles. The molecular weight excluding hydrogens is 232 g/mol. The monoisotopic (exact) mass is 244 g/mol. The van der Waals surface area contributed by atoms with Crippen molar-refractivity contribution in [3.05, 3.63) is 42.2 Å². The van der Waals surface area contributed by atoms with Gasteiger partial charge in [-0.25, -0.2) is 9.97 Å². The third-order valence-electron chi connectivity index (χ3n) is 2.25. The molecule has 0 bridgehead atoms. The van der Waals surface area contributed by atoms with E-state index in [0.717, 1.165) is 0 Å². The molecular formula is C12H12N4O2. The zero-order valence-corrected chi connectivity index (χ0v) is 9.75. The summed E-state index contributed by atoms with van der Waals surface area (Å²) < 4.78 is 4.93. The average Bonchev–Trinajstić information content (AvgIpc) is 2.39. The van der Waals surface area contributed by atoms with Gasteiger partial charge in [0.1, 0.15) is 5.82 Å². The Morgan fingerprint density at radius 2 is 2.17 bits per heavy atom. The summed E-state index contributed by atoms with van der Waals surface area (Å²) in [5.74, 6) is 0.521. The maximum atomic E-state index is 11.9. The number of carbonyl (C=O) groups excluding carboxylic acids is 1. The Morgan fingerprint density at radius 1 is 1.33 bits per heavy atom. The van der Waals surface area contributed by atoms with Gasteiger partial charge in [-0.1, -0.05) is 0 Å². The first-order valence-corrected chi connectivity index (χ1v) is 5.22. The molecule has 18 heavy (non-hydrogen) atoms. The van der Waals surface area contributed by atoms with Crippen LogP contribution in [0.4, 0.5) is 11.5 Å². The Kier molecular flexibility index (Phi) is 3.38. The van der Waals surface area contributed by atoms with Gasteiger partial charge in [0.15, 0.2) is 0 Å². The molecule has 0 atom stereocenters. The number of pyridine rings is 2. The van der Waals surface area contributed by atoms with Crippen LogP contribution in [0.25, 0.3) is 0 Å². The fraction of sp³-hybridized carbons (Fsp3) is 0.0833. The van der Waals surface area contributed by atoms with E-state index in [-0.39, 0.29) is 5.91 Å². The second-order valence-electron chi connectivity index (χ2n) is 3.51. The number of nitrogens with one attached hydrogen (secondary N) is 1. The molecule has 0 aliphatic rings. The maximum Gasteiger partial charge on any atom is 0.255 e. The fourth-order valence-electron chi connectivity index (χ4n) is 1.37. The topological polar surface area (TPSA) is 90.1 Å². The van der Waals surface area contributed by atoms with Gasteiger partial charge in [-0.05, 0) is 18.2 Å². The van der Waals surface area contributed by atoms with Crippen molar-refractivity contribution in [2.75, 3.05) is 18.2 Å².